The maximum atomic E-state index is 10.9. The van der Waals surface area contributed by atoms with Crippen LogP contribution in [0.2, 0.25) is 0 Å². The number of carbonyl (C=O) groups is 1. The summed E-state index contributed by atoms with van der Waals surface area (Å²) in [6.45, 7) is 4.88. The molecule has 0 amide bonds. The van der Waals surface area contributed by atoms with Crippen LogP contribution in [-0.2, 0) is 4.79 Å². The highest BCUT2D eigenvalue weighted by Crippen LogP contribution is 2.39. The van der Waals surface area contributed by atoms with E-state index in [1.165, 1.54) is 6.21 Å². The average molecular weight is 444 g/mol. The fraction of sp³-hybridized carbons (Fsp3) is 0.292. The van der Waals surface area contributed by atoms with Gasteiger partial charge in [-0.1, -0.05) is 13.0 Å². The number of nitrogens with one attached hydrogen (secondary N) is 2. The zero-order chi connectivity index (χ0) is 23.5. The molecule has 9 heteroatoms. The summed E-state index contributed by atoms with van der Waals surface area (Å²) >= 11 is 0. The lowest BCUT2D eigenvalue weighted by Gasteiger charge is -2.27. The van der Waals surface area contributed by atoms with E-state index in [0.29, 0.717) is 18.7 Å². The minimum absolute atomic E-state index is 0.0912. The second kappa shape index (κ2) is 9.22. The van der Waals surface area contributed by atoms with Crippen LogP contribution in [-0.4, -0.2) is 51.7 Å². The van der Waals surface area contributed by atoms with E-state index in [9.17, 15) is 10.1 Å². The Bertz CT molecular complexity index is 1230. The van der Waals surface area contributed by atoms with Crippen molar-refractivity contribution in [2.24, 2.45) is 0 Å². The van der Waals surface area contributed by atoms with Crippen LogP contribution in [0.5, 0.6) is 0 Å². The summed E-state index contributed by atoms with van der Waals surface area (Å²) in [6.07, 6.45) is 1.33. The van der Waals surface area contributed by atoms with Gasteiger partial charge < -0.3 is 20.7 Å². The average Bonchev–Trinajstić information content (AvgIpc) is 3.15. The molecule has 3 aromatic rings. The van der Waals surface area contributed by atoms with Crippen LogP contribution in [0.3, 0.4) is 0 Å². The largest absolute Gasteiger partial charge is 0.480 e. The number of hydrogen-bond donors (Lipinski definition) is 3. The predicted molar refractivity (Wildman–Crippen MR) is 125 cm³/mol. The molecule has 33 heavy (non-hydrogen) atoms. The number of nitrogens with zero attached hydrogens (tertiary/aromatic N) is 5. The van der Waals surface area contributed by atoms with Crippen molar-refractivity contribution in [1.29, 1.82) is 10.7 Å². The summed E-state index contributed by atoms with van der Waals surface area (Å²) in [5, 5.41) is 37.6. The fourth-order valence-electron chi connectivity index (χ4n) is 4.19. The van der Waals surface area contributed by atoms with E-state index < -0.39 is 5.97 Å². The maximum Gasteiger partial charge on any atom is 0.317 e. The van der Waals surface area contributed by atoms with E-state index in [4.69, 9.17) is 10.5 Å². The molecule has 168 valence electrons. The second-order valence-electron chi connectivity index (χ2n) is 8.16. The standard InChI is InChI=1S/C24H25N7O2/c1-15-14-30(20-6-3-17(10-25)4-7-20)22-9-18(19(11-26)12-27-13-23(32)33)5-8-21(22)31-16(2)28-29-24(15)31/h3-9,11,15,19,26-27H,12-14H2,1-2H3,(H,32,33)/t15-,19?/m1/s1. The van der Waals surface area contributed by atoms with Gasteiger partial charge in [0.1, 0.15) is 11.6 Å². The van der Waals surface area contributed by atoms with Gasteiger partial charge in [0.15, 0.2) is 0 Å². The Hall–Kier alpha value is -4.03. The topological polar surface area (TPSA) is 131 Å². The molecule has 0 fully saturated rings. The zero-order valence-electron chi connectivity index (χ0n) is 18.5. The smallest absolute Gasteiger partial charge is 0.317 e. The summed E-state index contributed by atoms with van der Waals surface area (Å²) in [5.74, 6) is 0.550. The van der Waals surface area contributed by atoms with Gasteiger partial charge in [-0.2, -0.15) is 5.26 Å². The number of aromatic nitrogens is 3. The van der Waals surface area contributed by atoms with Crippen molar-refractivity contribution in [3.05, 3.63) is 65.2 Å². The summed E-state index contributed by atoms with van der Waals surface area (Å²) in [5.41, 5.74) is 4.33. The van der Waals surface area contributed by atoms with Gasteiger partial charge in [0.2, 0.25) is 0 Å². The third kappa shape index (κ3) is 4.33. The number of hydrogen-bond acceptors (Lipinski definition) is 7. The monoisotopic (exact) mass is 443 g/mol. The number of fused-ring (bicyclic) bond motifs is 3. The quantitative estimate of drug-likeness (QED) is 0.478. The molecule has 2 atom stereocenters. The number of carboxylic acid groups (broad SMARTS) is 1. The van der Waals surface area contributed by atoms with Crippen LogP contribution < -0.4 is 10.2 Å². The van der Waals surface area contributed by atoms with Gasteiger partial charge in [-0.15, -0.1) is 10.2 Å². The van der Waals surface area contributed by atoms with Gasteiger partial charge in [-0.3, -0.25) is 9.36 Å². The molecule has 0 aliphatic carbocycles. The number of carboxylic acids is 1. The van der Waals surface area contributed by atoms with Gasteiger partial charge >= 0.3 is 5.97 Å². The Labute approximate surface area is 191 Å². The Morgan fingerprint density at radius 1 is 1.30 bits per heavy atom. The lowest BCUT2D eigenvalue weighted by atomic mass is 9.98. The minimum Gasteiger partial charge on any atom is -0.480 e. The van der Waals surface area contributed by atoms with E-state index in [2.05, 4.69) is 38.0 Å². The van der Waals surface area contributed by atoms with Crippen molar-refractivity contribution >= 4 is 23.6 Å². The molecular weight excluding hydrogens is 418 g/mol. The number of benzene rings is 2. The maximum absolute atomic E-state index is 10.9. The third-order valence-corrected chi connectivity index (χ3v) is 5.86. The van der Waals surface area contributed by atoms with E-state index in [1.54, 1.807) is 12.1 Å². The van der Waals surface area contributed by atoms with Crippen molar-refractivity contribution in [2.45, 2.75) is 25.7 Å². The lowest BCUT2D eigenvalue weighted by molar-refractivity contribution is -0.135. The zero-order valence-corrected chi connectivity index (χ0v) is 18.5. The third-order valence-electron chi connectivity index (χ3n) is 5.86. The Morgan fingerprint density at radius 3 is 2.73 bits per heavy atom. The van der Waals surface area contributed by atoms with Crippen molar-refractivity contribution in [3.63, 3.8) is 0 Å². The van der Waals surface area contributed by atoms with Crippen molar-refractivity contribution in [3.8, 4) is 11.8 Å². The first-order valence-corrected chi connectivity index (χ1v) is 10.7. The second-order valence-corrected chi connectivity index (χ2v) is 8.16. The van der Waals surface area contributed by atoms with Crippen LogP contribution in [0.4, 0.5) is 11.4 Å². The fourth-order valence-corrected chi connectivity index (χ4v) is 4.19. The first-order chi connectivity index (χ1) is 15.9. The van der Waals surface area contributed by atoms with Crippen LogP contribution in [0.15, 0.2) is 42.5 Å². The molecule has 0 radical (unpaired) electrons. The van der Waals surface area contributed by atoms with Crippen LogP contribution in [0.1, 0.15) is 41.5 Å². The molecule has 0 spiro atoms. The molecule has 1 aliphatic rings. The molecule has 0 saturated carbocycles. The summed E-state index contributed by atoms with van der Waals surface area (Å²) in [4.78, 5) is 13.1. The lowest BCUT2D eigenvalue weighted by Crippen LogP contribution is -2.28. The number of aryl methyl sites for hydroxylation is 1. The molecule has 4 rings (SSSR count). The molecule has 1 aromatic heterocycles. The van der Waals surface area contributed by atoms with Gasteiger partial charge in [0.25, 0.3) is 0 Å². The first-order valence-electron chi connectivity index (χ1n) is 10.7. The Kier molecular flexibility index (Phi) is 6.20. The molecule has 2 aromatic carbocycles. The molecule has 0 bridgehead atoms. The Morgan fingerprint density at radius 2 is 2.06 bits per heavy atom. The molecule has 2 heterocycles. The number of anilines is 2. The minimum atomic E-state index is -0.933. The molecule has 0 saturated heterocycles. The Balaban J connectivity index is 1.82. The van der Waals surface area contributed by atoms with Gasteiger partial charge in [0, 0.05) is 36.8 Å². The summed E-state index contributed by atoms with van der Waals surface area (Å²) < 4.78 is 2.07. The SMILES string of the molecule is Cc1nnc2n1-c1ccc(C(C=N)CNCC(=O)O)cc1N(c1ccc(C#N)cc1)C[C@H]2C. The highest BCUT2D eigenvalue weighted by molar-refractivity contribution is 5.76. The van der Waals surface area contributed by atoms with E-state index in [0.717, 1.165) is 34.3 Å². The summed E-state index contributed by atoms with van der Waals surface area (Å²) in [7, 11) is 0. The van der Waals surface area contributed by atoms with Gasteiger partial charge in [0.05, 0.1) is 29.6 Å². The summed E-state index contributed by atoms with van der Waals surface area (Å²) in [6, 6.07) is 15.7. The van der Waals surface area contributed by atoms with Crippen LogP contribution in [0.25, 0.3) is 5.69 Å². The van der Waals surface area contributed by atoms with E-state index in [1.807, 2.05) is 37.3 Å². The van der Waals surface area contributed by atoms with Gasteiger partial charge in [-0.25, -0.2) is 0 Å². The molecule has 3 N–H and O–H groups in total. The van der Waals surface area contributed by atoms with Gasteiger partial charge in [-0.05, 0) is 48.9 Å². The highest BCUT2D eigenvalue weighted by Gasteiger charge is 2.29. The van der Waals surface area contributed by atoms with E-state index in [-0.39, 0.29) is 18.4 Å². The van der Waals surface area contributed by atoms with Crippen LogP contribution in [0, 0.1) is 23.7 Å². The number of nitriles is 1. The highest BCUT2D eigenvalue weighted by atomic mass is 16.4. The van der Waals surface area contributed by atoms with E-state index >= 15 is 0 Å². The molecular formula is C24H25N7O2. The van der Waals surface area contributed by atoms with Crippen LogP contribution >= 0.6 is 0 Å². The first kappa shape index (κ1) is 22.2. The molecule has 1 unspecified atom stereocenters. The van der Waals surface area contributed by atoms with Crippen molar-refractivity contribution in [2.75, 3.05) is 24.5 Å². The predicted octanol–water partition coefficient (Wildman–Crippen LogP) is 3.11. The molecule has 1 aliphatic heterocycles. The number of aliphatic carboxylic acids is 1. The molecule has 9 nitrogen and oxygen atoms in total. The number of rotatable bonds is 7. The van der Waals surface area contributed by atoms with Crippen molar-refractivity contribution in [1.82, 2.24) is 20.1 Å². The normalized spacial score (nSPS) is 15.7. The van der Waals surface area contributed by atoms with Crippen molar-refractivity contribution < 1.29 is 9.90 Å².